The van der Waals surface area contributed by atoms with Crippen LogP contribution in [0.2, 0.25) is 0 Å². The van der Waals surface area contributed by atoms with Crippen LogP contribution in [0.4, 0.5) is 0 Å². The van der Waals surface area contributed by atoms with Crippen LogP contribution in [0.15, 0.2) is 0 Å². The first kappa shape index (κ1) is 15.0. The lowest BCUT2D eigenvalue weighted by Crippen LogP contribution is -2.29. The van der Waals surface area contributed by atoms with Gasteiger partial charge in [-0.2, -0.15) is 0 Å². The fourth-order valence-corrected chi connectivity index (χ4v) is 1.25. The molecule has 0 heterocycles. The van der Waals surface area contributed by atoms with Crippen molar-refractivity contribution in [1.82, 2.24) is 10.6 Å². The zero-order valence-corrected chi connectivity index (χ0v) is 9.45. The molecular weight excluding hydrogens is 223 g/mol. The molecule has 0 aromatic rings. The predicted octanol–water partition coefficient (Wildman–Crippen LogP) is -1.34. The molecule has 92 valence electrons. The number of phosphoric acid groups is 1. The van der Waals surface area contributed by atoms with E-state index in [1.165, 1.54) is 0 Å². The largest absolute Gasteiger partial charge is 0.469 e. The van der Waals surface area contributed by atoms with Crippen molar-refractivity contribution in [3.8, 4) is 0 Å². The highest BCUT2D eigenvalue weighted by atomic mass is 31.2. The third-order valence-electron chi connectivity index (χ3n) is 1.52. The summed E-state index contributed by atoms with van der Waals surface area (Å²) < 4.78 is 14.5. The Morgan fingerprint density at radius 1 is 1.07 bits per heavy atom. The summed E-state index contributed by atoms with van der Waals surface area (Å²) in [5.41, 5.74) is 0. The Labute approximate surface area is 89.1 Å². The van der Waals surface area contributed by atoms with Crippen molar-refractivity contribution in [3.05, 3.63) is 0 Å². The van der Waals surface area contributed by atoms with Gasteiger partial charge in [0.15, 0.2) is 0 Å². The zero-order chi connectivity index (χ0) is 11.6. The second kappa shape index (κ2) is 9.23. The van der Waals surface area contributed by atoms with Gasteiger partial charge < -0.3 is 25.5 Å². The lowest BCUT2D eigenvalue weighted by atomic mass is 10.4. The van der Waals surface area contributed by atoms with Crippen LogP contribution in [0.25, 0.3) is 0 Å². The summed E-state index contributed by atoms with van der Waals surface area (Å²) in [5.74, 6) is 0. The van der Waals surface area contributed by atoms with Gasteiger partial charge in [0, 0.05) is 19.6 Å². The highest BCUT2D eigenvalue weighted by molar-refractivity contribution is 7.46. The number of aliphatic hydroxyl groups is 1. The van der Waals surface area contributed by atoms with Crippen LogP contribution < -0.4 is 10.6 Å². The van der Waals surface area contributed by atoms with E-state index in [2.05, 4.69) is 15.2 Å². The Morgan fingerprint density at radius 3 is 2.20 bits per heavy atom. The van der Waals surface area contributed by atoms with Crippen molar-refractivity contribution in [2.24, 2.45) is 0 Å². The molecule has 7 nitrogen and oxygen atoms in total. The number of hydrogen-bond acceptors (Lipinski definition) is 5. The molecule has 15 heavy (non-hydrogen) atoms. The van der Waals surface area contributed by atoms with Crippen LogP contribution in [-0.4, -0.2) is 54.3 Å². The van der Waals surface area contributed by atoms with Crippen LogP contribution in [-0.2, 0) is 9.09 Å². The van der Waals surface area contributed by atoms with E-state index in [9.17, 15) is 4.57 Å². The minimum atomic E-state index is -4.30. The lowest BCUT2D eigenvalue weighted by molar-refractivity contribution is 0.194. The standard InChI is InChI=1S/C7H19N2O5P/c10-6-5-9-4-3-8-2-1-7-14-15(11,12)13/h8-10H,1-7H2,(H2,11,12,13). The van der Waals surface area contributed by atoms with E-state index in [0.717, 1.165) is 13.1 Å². The van der Waals surface area contributed by atoms with Crippen LogP contribution >= 0.6 is 7.82 Å². The molecule has 0 bridgehead atoms. The Morgan fingerprint density at radius 2 is 1.67 bits per heavy atom. The molecule has 0 aliphatic heterocycles. The number of phosphoric ester groups is 1. The van der Waals surface area contributed by atoms with E-state index in [0.29, 0.717) is 19.5 Å². The topological polar surface area (TPSA) is 111 Å². The van der Waals surface area contributed by atoms with Gasteiger partial charge in [0.1, 0.15) is 0 Å². The molecule has 8 heteroatoms. The Kier molecular flexibility index (Phi) is 9.23. The first-order chi connectivity index (χ1) is 7.06. The van der Waals surface area contributed by atoms with E-state index < -0.39 is 7.82 Å². The first-order valence-corrected chi connectivity index (χ1v) is 6.31. The van der Waals surface area contributed by atoms with E-state index in [1.54, 1.807) is 0 Å². The molecule has 5 N–H and O–H groups in total. The first-order valence-electron chi connectivity index (χ1n) is 4.78. The highest BCUT2D eigenvalue weighted by Gasteiger charge is 2.11. The Bertz CT molecular complexity index is 186. The van der Waals surface area contributed by atoms with E-state index >= 15 is 0 Å². The van der Waals surface area contributed by atoms with E-state index in [4.69, 9.17) is 14.9 Å². The second-order valence-electron chi connectivity index (χ2n) is 2.90. The average molecular weight is 242 g/mol. The predicted molar refractivity (Wildman–Crippen MR) is 55.4 cm³/mol. The fraction of sp³-hybridized carbons (Fsp3) is 1.00. The summed E-state index contributed by atoms with van der Waals surface area (Å²) in [6, 6.07) is 0. The summed E-state index contributed by atoms with van der Waals surface area (Å²) in [6.07, 6.45) is 0.547. The summed E-state index contributed by atoms with van der Waals surface area (Å²) in [7, 11) is -4.30. The zero-order valence-electron chi connectivity index (χ0n) is 8.56. The van der Waals surface area contributed by atoms with Gasteiger partial charge >= 0.3 is 7.82 Å². The third kappa shape index (κ3) is 14.0. The van der Waals surface area contributed by atoms with Crippen molar-refractivity contribution in [3.63, 3.8) is 0 Å². The minimum Gasteiger partial charge on any atom is -0.395 e. The van der Waals surface area contributed by atoms with Crippen LogP contribution in [0, 0.1) is 0 Å². The molecule has 0 aliphatic carbocycles. The molecule has 0 saturated carbocycles. The van der Waals surface area contributed by atoms with Gasteiger partial charge in [-0.05, 0) is 13.0 Å². The van der Waals surface area contributed by atoms with E-state index in [1.807, 2.05) is 0 Å². The molecule has 0 aliphatic rings. The van der Waals surface area contributed by atoms with Crippen molar-refractivity contribution in [2.45, 2.75) is 6.42 Å². The van der Waals surface area contributed by atoms with E-state index in [-0.39, 0.29) is 13.2 Å². The van der Waals surface area contributed by atoms with Gasteiger partial charge in [-0.15, -0.1) is 0 Å². The van der Waals surface area contributed by atoms with Crippen LogP contribution in [0.3, 0.4) is 0 Å². The number of rotatable bonds is 10. The monoisotopic (exact) mass is 242 g/mol. The highest BCUT2D eigenvalue weighted by Crippen LogP contribution is 2.35. The molecule has 0 aromatic heterocycles. The number of hydrogen-bond donors (Lipinski definition) is 5. The SMILES string of the molecule is O=P(O)(O)OCCCNCCNCCO. The third-order valence-corrected chi connectivity index (χ3v) is 2.04. The molecule has 0 fully saturated rings. The van der Waals surface area contributed by atoms with Gasteiger partial charge in [0.05, 0.1) is 13.2 Å². The molecule has 0 unspecified atom stereocenters. The smallest absolute Gasteiger partial charge is 0.395 e. The maximum Gasteiger partial charge on any atom is 0.469 e. The van der Waals surface area contributed by atoms with Crippen molar-refractivity contribution in [1.29, 1.82) is 0 Å². The van der Waals surface area contributed by atoms with Gasteiger partial charge in [0.25, 0.3) is 0 Å². The van der Waals surface area contributed by atoms with Crippen molar-refractivity contribution < 1.29 is 24.0 Å². The Balaban J connectivity index is 3.02. The summed E-state index contributed by atoms with van der Waals surface area (Å²) in [4.78, 5) is 16.7. The molecule has 0 saturated heterocycles. The van der Waals surface area contributed by atoms with Gasteiger partial charge in [-0.25, -0.2) is 4.57 Å². The second-order valence-corrected chi connectivity index (χ2v) is 4.14. The quantitative estimate of drug-likeness (QED) is 0.238. The number of aliphatic hydroxyl groups excluding tert-OH is 1. The van der Waals surface area contributed by atoms with Gasteiger partial charge in [-0.1, -0.05) is 0 Å². The molecule has 0 rings (SSSR count). The lowest BCUT2D eigenvalue weighted by Gasteiger charge is -2.06. The molecular formula is C7H19N2O5P. The van der Waals surface area contributed by atoms with Crippen LogP contribution in [0.1, 0.15) is 6.42 Å². The minimum absolute atomic E-state index is 0.0430. The maximum absolute atomic E-state index is 10.3. The summed E-state index contributed by atoms with van der Waals surface area (Å²) in [6.45, 7) is 2.87. The van der Waals surface area contributed by atoms with Gasteiger partial charge in [-0.3, -0.25) is 4.52 Å². The summed E-state index contributed by atoms with van der Waals surface area (Å²) in [5, 5.41) is 14.5. The Hall–Kier alpha value is -0.0100. The molecule has 0 spiro atoms. The average Bonchev–Trinajstić information content (AvgIpc) is 2.14. The van der Waals surface area contributed by atoms with Crippen molar-refractivity contribution in [2.75, 3.05) is 39.4 Å². The fourth-order valence-electron chi connectivity index (χ4n) is 0.886. The molecule has 0 amide bonds. The van der Waals surface area contributed by atoms with Crippen LogP contribution in [0.5, 0.6) is 0 Å². The maximum atomic E-state index is 10.3. The normalized spacial score (nSPS) is 11.9. The van der Waals surface area contributed by atoms with Gasteiger partial charge in [0.2, 0.25) is 0 Å². The molecule has 0 radical (unpaired) electrons. The van der Waals surface area contributed by atoms with Crippen molar-refractivity contribution >= 4 is 7.82 Å². The summed E-state index contributed by atoms with van der Waals surface area (Å²) >= 11 is 0. The number of nitrogens with one attached hydrogen (secondary N) is 2. The molecule has 0 atom stereocenters. The molecule has 0 aromatic carbocycles.